The van der Waals surface area contributed by atoms with Crippen LogP contribution in [0.25, 0.3) is 0 Å². The fourth-order valence-corrected chi connectivity index (χ4v) is 2.38. The van der Waals surface area contributed by atoms with Gasteiger partial charge >= 0.3 is 6.18 Å². The molecule has 0 aliphatic carbocycles. The van der Waals surface area contributed by atoms with Gasteiger partial charge in [0.25, 0.3) is 0 Å². The van der Waals surface area contributed by atoms with Crippen LogP contribution in [-0.2, 0) is 19.8 Å². The molecule has 148 valence electrons. The predicted molar refractivity (Wildman–Crippen MR) is 97.6 cm³/mol. The van der Waals surface area contributed by atoms with Gasteiger partial charge in [-0.3, -0.25) is 0 Å². The molecular formula is C18H24F3N5O. The highest BCUT2D eigenvalue weighted by molar-refractivity contribution is 5.79. The SMILES string of the molecule is CCNC(=NCCOc1ccc(C(F)(F)F)cn1)N(C)Cc1cccn1C. The van der Waals surface area contributed by atoms with Crippen LogP contribution in [-0.4, -0.2) is 47.2 Å². The molecule has 6 nitrogen and oxygen atoms in total. The fraction of sp³-hybridized carbons (Fsp3) is 0.444. The molecule has 1 N–H and O–H groups in total. The summed E-state index contributed by atoms with van der Waals surface area (Å²) in [5, 5.41) is 3.21. The van der Waals surface area contributed by atoms with Gasteiger partial charge in [-0.1, -0.05) is 0 Å². The Morgan fingerprint density at radius 1 is 1.33 bits per heavy atom. The van der Waals surface area contributed by atoms with E-state index in [0.29, 0.717) is 13.1 Å². The minimum Gasteiger partial charge on any atom is -0.476 e. The first-order valence-corrected chi connectivity index (χ1v) is 8.57. The van der Waals surface area contributed by atoms with Crippen molar-refractivity contribution in [2.45, 2.75) is 19.6 Å². The van der Waals surface area contributed by atoms with Crippen LogP contribution in [0.15, 0.2) is 41.7 Å². The molecule has 0 unspecified atom stereocenters. The molecule has 0 radical (unpaired) electrons. The lowest BCUT2D eigenvalue weighted by molar-refractivity contribution is -0.137. The first-order chi connectivity index (χ1) is 12.8. The molecule has 9 heteroatoms. The molecule has 0 saturated carbocycles. The number of guanidine groups is 1. The summed E-state index contributed by atoms with van der Waals surface area (Å²) in [6, 6.07) is 6.18. The Bertz CT molecular complexity index is 740. The summed E-state index contributed by atoms with van der Waals surface area (Å²) < 4.78 is 44.9. The van der Waals surface area contributed by atoms with Crippen LogP contribution in [0.1, 0.15) is 18.2 Å². The van der Waals surface area contributed by atoms with Gasteiger partial charge in [-0.05, 0) is 25.1 Å². The molecule has 0 aromatic carbocycles. The largest absolute Gasteiger partial charge is 0.476 e. The van der Waals surface area contributed by atoms with Crippen LogP contribution in [0.4, 0.5) is 13.2 Å². The molecule has 0 aliphatic rings. The van der Waals surface area contributed by atoms with Crippen molar-refractivity contribution in [1.29, 1.82) is 0 Å². The summed E-state index contributed by atoms with van der Waals surface area (Å²) in [6.45, 7) is 3.95. The van der Waals surface area contributed by atoms with Gasteiger partial charge in [0.15, 0.2) is 5.96 Å². The first kappa shape index (κ1) is 20.6. The van der Waals surface area contributed by atoms with Gasteiger partial charge in [-0.25, -0.2) is 9.98 Å². The Kier molecular flexibility index (Phi) is 7.09. The minimum absolute atomic E-state index is 0.139. The van der Waals surface area contributed by atoms with Gasteiger partial charge in [-0.2, -0.15) is 13.2 Å². The molecule has 0 atom stereocenters. The Morgan fingerprint density at radius 3 is 2.67 bits per heavy atom. The molecular weight excluding hydrogens is 359 g/mol. The number of nitrogens with one attached hydrogen (secondary N) is 1. The number of aryl methyl sites for hydroxylation is 1. The normalized spacial score (nSPS) is 12.1. The van der Waals surface area contributed by atoms with Gasteiger partial charge in [0, 0.05) is 44.8 Å². The average molecular weight is 383 g/mol. The Balaban J connectivity index is 1.88. The Hall–Kier alpha value is -2.71. The lowest BCUT2D eigenvalue weighted by atomic mass is 10.3. The number of nitrogens with zero attached hydrogens (tertiary/aromatic N) is 4. The summed E-state index contributed by atoms with van der Waals surface area (Å²) in [5.74, 6) is 0.864. The zero-order valence-corrected chi connectivity index (χ0v) is 15.6. The van der Waals surface area contributed by atoms with Crippen LogP contribution in [0, 0.1) is 0 Å². The van der Waals surface area contributed by atoms with E-state index >= 15 is 0 Å². The summed E-state index contributed by atoms with van der Waals surface area (Å²) in [6.07, 6.45) is -1.66. The van der Waals surface area contributed by atoms with Crippen molar-refractivity contribution >= 4 is 5.96 Å². The van der Waals surface area contributed by atoms with Crippen molar-refractivity contribution in [1.82, 2.24) is 19.8 Å². The molecule has 0 spiro atoms. The molecule has 2 heterocycles. The molecule has 0 aliphatic heterocycles. The quantitative estimate of drug-likeness (QED) is 0.454. The van der Waals surface area contributed by atoms with Gasteiger partial charge in [-0.15, -0.1) is 0 Å². The van der Waals surface area contributed by atoms with E-state index < -0.39 is 11.7 Å². The standard InChI is InChI=1S/C18H24F3N5O/c1-4-22-17(26(3)13-15-6-5-10-25(15)2)23-9-11-27-16-8-7-14(12-24-16)18(19,20)21/h5-8,10,12H,4,9,11,13H2,1-3H3,(H,22,23). The van der Waals surface area contributed by atoms with Gasteiger partial charge in [0.2, 0.25) is 5.88 Å². The van der Waals surface area contributed by atoms with Gasteiger partial charge in [0.1, 0.15) is 6.61 Å². The number of rotatable bonds is 7. The zero-order chi connectivity index (χ0) is 19.9. The van der Waals surface area contributed by atoms with E-state index in [2.05, 4.69) is 15.3 Å². The minimum atomic E-state index is -4.40. The number of aromatic nitrogens is 2. The monoisotopic (exact) mass is 383 g/mol. The number of pyridine rings is 1. The van der Waals surface area contributed by atoms with Crippen molar-refractivity contribution in [3.8, 4) is 5.88 Å². The second-order valence-corrected chi connectivity index (χ2v) is 5.93. The fourth-order valence-electron chi connectivity index (χ4n) is 2.38. The highest BCUT2D eigenvalue weighted by Gasteiger charge is 2.30. The van der Waals surface area contributed by atoms with Crippen molar-refractivity contribution < 1.29 is 17.9 Å². The Labute approximate surface area is 156 Å². The van der Waals surface area contributed by atoms with E-state index in [1.54, 1.807) is 0 Å². The van der Waals surface area contributed by atoms with Gasteiger partial charge in [0.05, 0.1) is 18.7 Å². The van der Waals surface area contributed by atoms with Crippen LogP contribution < -0.4 is 10.1 Å². The number of hydrogen-bond donors (Lipinski definition) is 1. The summed E-state index contributed by atoms with van der Waals surface area (Å²) in [4.78, 5) is 10.2. The van der Waals surface area contributed by atoms with E-state index in [0.717, 1.165) is 30.5 Å². The average Bonchev–Trinajstić information content (AvgIpc) is 3.02. The second kappa shape index (κ2) is 9.29. The second-order valence-electron chi connectivity index (χ2n) is 5.93. The lowest BCUT2D eigenvalue weighted by Gasteiger charge is -2.22. The maximum absolute atomic E-state index is 12.5. The molecule has 0 amide bonds. The van der Waals surface area contributed by atoms with Crippen LogP contribution in [0.2, 0.25) is 0 Å². The molecule has 0 fully saturated rings. The van der Waals surface area contributed by atoms with Crippen LogP contribution in [0.3, 0.4) is 0 Å². The van der Waals surface area contributed by atoms with Crippen molar-refractivity contribution in [2.75, 3.05) is 26.7 Å². The van der Waals surface area contributed by atoms with Crippen LogP contribution >= 0.6 is 0 Å². The van der Waals surface area contributed by atoms with Crippen molar-refractivity contribution in [3.05, 3.63) is 47.9 Å². The summed E-state index contributed by atoms with van der Waals surface area (Å²) in [7, 11) is 3.92. The molecule has 0 saturated heterocycles. The molecule has 27 heavy (non-hydrogen) atoms. The van der Waals surface area contributed by atoms with Crippen molar-refractivity contribution in [3.63, 3.8) is 0 Å². The van der Waals surface area contributed by atoms with E-state index in [1.807, 2.05) is 48.8 Å². The molecule has 2 aromatic rings. The number of hydrogen-bond acceptors (Lipinski definition) is 3. The highest BCUT2D eigenvalue weighted by atomic mass is 19.4. The Morgan fingerprint density at radius 2 is 2.11 bits per heavy atom. The topological polar surface area (TPSA) is 54.7 Å². The predicted octanol–water partition coefficient (Wildman–Crippen LogP) is 2.92. The number of alkyl halides is 3. The van der Waals surface area contributed by atoms with E-state index in [4.69, 9.17) is 4.74 Å². The van der Waals surface area contributed by atoms with E-state index in [1.165, 1.54) is 6.07 Å². The zero-order valence-electron chi connectivity index (χ0n) is 15.6. The maximum atomic E-state index is 12.5. The molecule has 2 aromatic heterocycles. The third kappa shape index (κ3) is 6.19. The van der Waals surface area contributed by atoms with Gasteiger partial charge < -0.3 is 19.5 Å². The molecule has 0 bridgehead atoms. The van der Waals surface area contributed by atoms with Crippen LogP contribution in [0.5, 0.6) is 5.88 Å². The smallest absolute Gasteiger partial charge is 0.417 e. The molecule has 2 rings (SSSR count). The number of ether oxygens (including phenoxy) is 1. The van der Waals surface area contributed by atoms with E-state index in [9.17, 15) is 13.2 Å². The first-order valence-electron chi connectivity index (χ1n) is 8.57. The summed E-state index contributed by atoms with van der Waals surface area (Å²) in [5.41, 5.74) is 0.345. The third-order valence-electron chi connectivity index (χ3n) is 3.81. The maximum Gasteiger partial charge on any atom is 0.417 e. The lowest BCUT2D eigenvalue weighted by Crippen LogP contribution is -2.39. The number of halogens is 3. The third-order valence-corrected chi connectivity index (χ3v) is 3.81. The van der Waals surface area contributed by atoms with Crippen molar-refractivity contribution in [2.24, 2.45) is 12.0 Å². The summed E-state index contributed by atoms with van der Waals surface area (Å²) >= 11 is 0. The number of aliphatic imine (C=N–C) groups is 1. The highest BCUT2D eigenvalue weighted by Crippen LogP contribution is 2.29. The van der Waals surface area contributed by atoms with E-state index in [-0.39, 0.29) is 12.5 Å².